The Hall–Kier alpha value is -1.37. The number of aromatic nitrogens is 1. The first-order valence-electron chi connectivity index (χ1n) is 7.14. The minimum absolute atomic E-state index is 0.128. The number of thiazole rings is 1. The fraction of sp³-hybridized carbons (Fsp3) is 0.312. The van der Waals surface area contributed by atoms with Crippen LogP contribution >= 0.6 is 35.2 Å². The summed E-state index contributed by atoms with van der Waals surface area (Å²) >= 11 is 12.2. The Morgan fingerprint density at radius 2 is 2.22 bits per heavy atom. The van der Waals surface area contributed by atoms with Crippen molar-refractivity contribution >= 4 is 45.9 Å². The Bertz CT molecular complexity index is 712. The highest BCUT2D eigenvalue weighted by Crippen LogP contribution is 2.28. The van der Waals surface area contributed by atoms with E-state index in [1.54, 1.807) is 6.07 Å². The maximum absolute atomic E-state index is 13.4. The number of hydrogen-bond donors (Lipinski definition) is 1. The molecule has 3 nitrogen and oxygen atoms in total. The lowest BCUT2D eigenvalue weighted by atomic mass is 10.1. The van der Waals surface area contributed by atoms with Crippen LogP contribution in [0.5, 0.6) is 0 Å². The predicted molar refractivity (Wildman–Crippen MR) is 97.0 cm³/mol. The van der Waals surface area contributed by atoms with Gasteiger partial charge in [0.05, 0.1) is 12.2 Å². The van der Waals surface area contributed by atoms with Crippen LogP contribution in [0.15, 0.2) is 24.4 Å². The molecule has 0 aliphatic carbocycles. The zero-order chi connectivity index (χ0) is 17.0. The van der Waals surface area contributed by atoms with Crippen LogP contribution in [0.25, 0.3) is 10.6 Å². The summed E-state index contributed by atoms with van der Waals surface area (Å²) in [5, 5.41) is 3.75. The van der Waals surface area contributed by atoms with E-state index in [0.29, 0.717) is 20.5 Å². The molecule has 1 N–H and O–H groups in total. The third kappa shape index (κ3) is 4.80. The molecule has 1 heterocycles. The molecule has 0 aliphatic rings. The molecular formula is C16H16ClFN2OS2. The van der Waals surface area contributed by atoms with Crippen molar-refractivity contribution in [2.75, 3.05) is 0 Å². The first-order chi connectivity index (χ1) is 10.9. The van der Waals surface area contributed by atoms with E-state index in [1.165, 1.54) is 29.7 Å². The average Bonchev–Trinajstić information content (AvgIpc) is 2.95. The summed E-state index contributed by atoms with van der Waals surface area (Å²) in [7, 11) is 0. The number of carbonyl (C=O) groups excluding carboxylic acids is 1. The van der Waals surface area contributed by atoms with Gasteiger partial charge in [-0.1, -0.05) is 37.2 Å². The SMILES string of the molecule is CCC[C@H](NC(=O)c1cnc(-c2cc(F)cc(Cl)c2)s1)C(C)=S. The van der Waals surface area contributed by atoms with Crippen LogP contribution in [-0.2, 0) is 0 Å². The first kappa shape index (κ1) is 18.0. The van der Waals surface area contributed by atoms with E-state index >= 15 is 0 Å². The summed E-state index contributed by atoms with van der Waals surface area (Å²) in [5.41, 5.74) is 0.551. The maximum Gasteiger partial charge on any atom is 0.263 e. The van der Waals surface area contributed by atoms with E-state index in [9.17, 15) is 9.18 Å². The number of nitrogens with one attached hydrogen (secondary N) is 1. The van der Waals surface area contributed by atoms with Gasteiger partial charge in [0.15, 0.2) is 0 Å². The number of hydrogen-bond acceptors (Lipinski definition) is 4. The smallest absolute Gasteiger partial charge is 0.263 e. The van der Waals surface area contributed by atoms with Crippen LogP contribution in [0, 0.1) is 5.82 Å². The Labute approximate surface area is 148 Å². The highest BCUT2D eigenvalue weighted by Gasteiger charge is 2.17. The van der Waals surface area contributed by atoms with E-state index in [2.05, 4.69) is 10.3 Å². The monoisotopic (exact) mass is 370 g/mol. The molecule has 1 aromatic heterocycles. The van der Waals surface area contributed by atoms with Crippen molar-refractivity contribution in [1.82, 2.24) is 10.3 Å². The van der Waals surface area contributed by atoms with E-state index in [0.717, 1.165) is 17.7 Å². The lowest BCUT2D eigenvalue weighted by Crippen LogP contribution is -2.38. The number of amides is 1. The van der Waals surface area contributed by atoms with Crippen LogP contribution in [0.2, 0.25) is 5.02 Å². The largest absolute Gasteiger partial charge is 0.344 e. The van der Waals surface area contributed by atoms with Gasteiger partial charge < -0.3 is 5.32 Å². The second kappa shape index (κ2) is 7.95. The zero-order valence-corrected chi connectivity index (χ0v) is 15.1. The fourth-order valence-corrected chi connectivity index (χ4v) is 3.29. The molecule has 1 aromatic carbocycles. The highest BCUT2D eigenvalue weighted by atomic mass is 35.5. The Morgan fingerprint density at radius 3 is 2.83 bits per heavy atom. The summed E-state index contributed by atoms with van der Waals surface area (Å²) in [6.07, 6.45) is 3.21. The normalized spacial score (nSPS) is 12.0. The number of rotatable bonds is 6. The van der Waals surface area contributed by atoms with Gasteiger partial charge in [-0.05, 0) is 31.5 Å². The summed E-state index contributed by atoms with van der Waals surface area (Å²) in [6.45, 7) is 3.86. The van der Waals surface area contributed by atoms with Crippen molar-refractivity contribution < 1.29 is 9.18 Å². The number of halogens is 2. The lowest BCUT2D eigenvalue weighted by Gasteiger charge is -2.16. The second-order valence-corrected chi connectivity index (χ2v) is 7.22. The van der Waals surface area contributed by atoms with Crippen molar-refractivity contribution in [3.05, 3.63) is 40.1 Å². The molecule has 0 spiro atoms. The number of nitrogens with zero attached hydrogens (tertiary/aromatic N) is 1. The van der Waals surface area contributed by atoms with Crippen molar-refractivity contribution in [1.29, 1.82) is 0 Å². The van der Waals surface area contributed by atoms with Gasteiger partial charge in [-0.25, -0.2) is 9.37 Å². The van der Waals surface area contributed by atoms with Gasteiger partial charge in [0.25, 0.3) is 5.91 Å². The third-order valence-corrected chi connectivity index (χ3v) is 4.76. The standard InChI is InChI=1S/C16H16ClFN2OS2/c1-3-4-13(9(2)22)20-15(21)14-8-19-16(23-14)10-5-11(17)7-12(18)6-10/h5-8,13H,3-4H2,1-2H3,(H,20,21)/t13-/m0/s1. The molecule has 0 radical (unpaired) electrons. The zero-order valence-electron chi connectivity index (χ0n) is 12.7. The van der Waals surface area contributed by atoms with E-state index in [1.807, 2.05) is 13.8 Å². The molecule has 0 unspecified atom stereocenters. The van der Waals surface area contributed by atoms with E-state index in [4.69, 9.17) is 23.8 Å². The summed E-state index contributed by atoms with van der Waals surface area (Å²) < 4.78 is 13.4. The van der Waals surface area contributed by atoms with Gasteiger partial charge in [-0.2, -0.15) is 0 Å². The van der Waals surface area contributed by atoms with Crippen LogP contribution in [0.4, 0.5) is 4.39 Å². The predicted octanol–water partition coefficient (Wildman–Crippen LogP) is 4.89. The van der Waals surface area contributed by atoms with Crippen LogP contribution in [-0.4, -0.2) is 21.8 Å². The minimum atomic E-state index is -0.437. The van der Waals surface area contributed by atoms with E-state index in [-0.39, 0.29) is 11.9 Å². The Morgan fingerprint density at radius 1 is 1.48 bits per heavy atom. The third-order valence-electron chi connectivity index (χ3n) is 3.21. The van der Waals surface area contributed by atoms with Gasteiger partial charge in [0.2, 0.25) is 0 Å². The van der Waals surface area contributed by atoms with Crippen molar-refractivity contribution in [2.24, 2.45) is 0 Å². The molecule has 0 bridgehead atoms. The molecule has 23 heavy (non-hydrogen) atoms. The minimum Gasteiger partial charge on any atom is -0.344 e. The van der Waals surface area contributed by atoms with Gasteiger partial charge in [-0.15, -0.1) is 11.3 Å². The second-order valence-electron chi connectivity index (χ2n) is 5.11. The van der Waals surface area contributed by atoms with Crippen molar-refractivity contribution in [3.63, 3.8) is 0 Å². The average molecular weight is 371 g/mol. The summed E-state index contributed by atoms with van der Waals surface area (Å²) in [6, 6.07) is 4.06. The topological polar surface area (TPSA) is 42.0 Å². The van der Waals surface area contributed by atoms with Crippen LogP contribution in [0.3, 0.4) is 0 Å². The number of thiocarbonyl (C=S) groups is 1. The molecule has 0 fully saturated rings. The van der Waals surface area contributed by atoms with Gasteiger partial charge in [0.1, 0.15) is 15.7 Å². The van der Waals surface area contributed by atoms with Gasteiger partial charge >= 0.3 is 0 Å². The van der Waals surface area contributed by atoms with Crippen molar-refractivity contribution in [3.8, 4) is 10.6 Å². The molecule has 0 saturated heterocycles. The molecule has 7 heteroatoms. The summed E-state index contributed by atoms with van der Waals surface area (Å²) in [4.78, 5) is 17.7. The molecule has 0 saturated carbocycles. The Balaban J connectivity index is 2.18. The molecule has 2 rings (SSSR count). The molecule has 0 aliphatic heterocycles. The van der Waals surface area contributed by atoms with Gasteiger partial charge in [0, 0.05) is 15.5 Å². The fourth-order valence-electron chi connectivity index (χ4n) is 2.08. The Kier molecular flexibility index (Phi) is 6.21. The first-order valence-corrected chi connectivity index (χ1v) is 8.74. The summed E-state index contributed by atoms with van der Waals surface area (Å²) in [5.74, 6) is -0.660. The molecule has 122 valence electrons. The van der Waals surface area contributed by atoms with Crippen LogP contribution < -0.4 is 5.32 Å². The molecule has 1 amide bonds. The van der Waals surface area contributed by atoms with Gasteiger partial charge in [-0.3, -0.25) is 4.79 Å². The molecule has 1 atom stereocenters. The number of carbonyl (C=O) groups is 1. The molecule has 2 aromatic rings. The molecular weight excluding hydrogens is 355 g/mol. The van der Waals surface area contributed by atoms with Crippen molar-refractivity contribution in [2.45, 2.75) is 32.7 Å². The van der Waals surface area contributed by atoms with Crippen LogP contribution in [0.1, 0.15) is 36.4 Å². The quantitative estimate of drug-likeness (QED) is 0.736. The number of benzene rings is 1. The highest BCUT2D eigenvalue weighted by molar-refractivity contribution is 7.80. The lowest BCUT2D eigenvalue weighted by molar-refractivity contribution is 0.0949. The maximum atomic E-state index is 13.4. The van der Waals surface area contributed by atoms with E-state index < -0.39 is 5.82 Å².